The summed E-state index contributed by atoms with van der Waals surface area (Å²) in [5.74, 6) is 0.0266. The van der Waals surface area contributed by atoms with Crippen LogP contribution in [0.25, 0.3) is 0 Å². The standard InChI is InChI=1S/C11H15ClO3S/c1-3-16(14,15)8(2)11(13)9-4-6-10(12)7-5-9/h4-8,11,13H,3H2,1-2H3. The van der Waals surface area contributed by atoms with Gasteiger partial charge in [0.05, 0.1) is 11.4 Å². The van der Waals surface area contributed by atoms with Crippen molar-refractivity contribution in [2.24, 2.45) is 0 Å². The average Bonchev–Trinajstić information content (AvgIpc) is 2.28. The summed E-state index contributed by atoms with van der Waals surface area (Å²) in [6, 6.07) is 6.53. The van der Waals surface area contributed by atoms with E-state index in [9.17, 15) is 13.5 Å². The molecule has 1 N–H and O–H groups in total. The zero-order valence-corrected chi connectivity index (χ0v) is 10.8. The number of hydrogen-bond acceptors (Lipinski definition) is 3. The minimum Gasteiger partial charge on any atom is -0.387 e. The number of halogens is 1. The lowest BCUT2D eigenvalue weighted by molar-refractivity contribution is 0.176. The molecule has 1 aromatic carbocycles. The van der Waals surface area contributed by atoms with Gasteiger partial charge in [-0.2, -0.15) is 0 Å². The molecule has 0 fully saturated rings. The van der Waals surface area contributed by atoms with Crippen LogP contribution in [-0.4, -0.2) is 24.5 Å². The fraction of sp³-hybridized carbons (Fsp3) is 0.455. The van der Waals surface area contributed by atoms with Crippen LogP contribution in [-0.2, 0) is 9.84 Å². The Bertz CT molecular complexity index is 439. The summed E-state index contributed by atoms with van der Waals surface area (Å²) < 4.78 is 23.2. The molecule has 0 aliphatic rings. The molecule has 2 unspecified atom stereocenters. The fourth-order valence-corrected chi connectivity index (χ4v) is 2.59. The largest absolute Gasteiger partial charge is 0.387 e. The lowest BCUT2D eigenvalue weighted by Gasteiger charge is -2.18. The molecule has 2 atom stereocenters. The van der Waals surface area contributed by atoms with Crippen LogP contribution in [0.2, 0.25) is 5.02 Å². The molecule has 0 aromatic heterocycles. The first kappa shape index (κ1) is 13.5. The number of benzene rings is 1. The summed E-state index contributed by atoms with van der Waals surface area (Å²) in [7, 11) is -3.24. The van der Waals surface area contributed by atoms with Gasteiger partial charge >= 0.3 is 0 Å². The molecule has 0 aliphatic carbocycles. The summed E-state index contributed by atoms with van der Waals surface area (Å²) in [5, 5.41) is 9.67. The minimum atomic E-state index is -3.24. The first-order valence-corrected chi connectivity index (χ1v) is 7.13. The van der Waals surface area contributed by atoms with Crippen molar-refractivity contribution in [2.75, 3.05) is 5.75 Å². The number of aliphatic hydroxyl groups is 1. The van der Waals surface area contributed by atoms with E-state index in [-0.39, 0.29) is 5.75 Å². The van der Waals surface area contributed by atoms with Crippen molar-refractivity contribution in [1.82, 2.24) is 0 Å². The van der Waals surface area contributed by atoms with Gasteiger partial charge in [0.2, 0.25) is 0 Å². The molecular weight excluding hydrogens is 248 g/mol. The molecule has 1 aromatic rings. The predicted molar refractivity (Wildman–Crippen MR) is 65.3 cm³/mol. The van der Waals surface area contributed by atoms with E-state index in [4.69, 9.17) is 11.6 Å². The van der Waals surface area contributed by atoms with Crippen molar-refractivity contribution in [3.63, 3.8) is 0 Å². The van der Waals surface area contributed by atoms with E-state index in [0.29, 0.717) is 10.6 Å². The van der Waals surface area contributed by atoms with Crippen molar-refractivity contribution in [3.05, 3.63) is 34.9 Å². The van der Waals surface area contributed by atoms with Crippen molar-refractivity contribution in [2.45, 2.75) is 25.2 Å². The third kappa shape index (κ3) is 2.97. The van der Waals surface area contributed by atoms with Gasteiger partial charge in [-0.05, 0) is 24.6 Å². The monoisotopic (exact) mass is 262 g/mol. The van der Waals surface area contributed by atoms with Crippen LogP contribution in [0.15, 0.2) is 24.3 Å². The molecule has 90 valence electrons. The van der Waals surface area contributed by atoms with Crippen molar-refractivity contribution >= 4 is 21.4 Å². The molecule has 0 spiro atoms. The van der Waals surface area contributed by atoms with Gasteiger partial charge in [-0.15, -0.1) is 0 Å². The van der Waals surface area contributed by atoms with Crippen LogP contribution in [0.1, 0.15) is 25.5 Å². The Morgan fingerprint density at radius 1 is 1.31 bits per heavy atom. The Morgan fingerprint density at radius 3 is 2.25 bits per heavy atom. The Hall–Kier alpha value is -0.580. The average molecular weight is 263 g/mol. The molecule has 16 heavy (non-hydrogen) atoms. The first-order valence-electron chi connectivity index (χ1n) is 5.03. The second-order valence-corrected chi connectivity index (χ2v) is 6.74. The third-order valence-corrected chi connectivity index (χ3v) is 5.07. The Balaban J connectivity index is 2.94. The quantitative estimate of drug-likeness (QED) is 0.905. The van der Waals surface area contributed by atoms with Crippen molar-refractivity contribution in [3.8, 4) is 0 Å². The van der Waals surface area contributed by atoms with E-state index in [1.165, 1.54) is 6.92 Å². The van der Waals surface area contributed by atoms with E-state index in [1.807, 2.05) is 0 Å². The second kappa shape index (κ2) is 5.17. The maximum absolute atomic E-state index is 11.6. The van der Waals surface area contributed by atoms with Crippen LogP contribution in [0.3, 0.4) is 0 Å². The number of sulfone groups is 1. The van der Waals surface area contributed by atoms with Gasteiger partial charge in [0.1, 0.15) is 0 Å². The molecule has 3 nitrogen and oxygen atoms in total. The van der Waals surface area contributed by atoms with E-state index in [2.05, 4.69) is 0 Å². The van der Waals surface area contributed by atoms with Crippen molar-refractivity contribution < 1.29 is 13.5 Å². The summed E-state index contributed by atoms with van der Waals surface area (Å²) in [4.78, 5) is 0. The van der Waals surface area contributed by atoms with Crippen LogP contribution < -0.4 is 0 Å². The number of aliphatic hydroxyl groups excluding tert-OH is 1. The minimum absolute atomic E-state index is 0.0266. The molecule has 0 bridgehead atoms. The van der Waals surface area contributed by atoms with Gasteiger partial charge in [-0.1, -0.05) is 30.7 Å². The van der Waals surface area contributed by atoms with Gasteiger partial charge in [0.15, 0.2) is 9.84 Å². The highest BCUT2D eigenvalue weighted by Gasteiger charge is 2.27. The zero-order valence-electron chi connectivity index (χ0n) is 9.22. The summed E-state index contributed by atoms with van der Waals surface area (Å²) >= 11 is 5.71. The first-order chi connectivity index (χ1) is 7.38. The number of hydrogen-bond donors (Lipinski definition) is 1. The molecule has 0 amide bonds. The highest BCUT2D eigenvalue weighted by atomic mass is 35.5. The summed E-state index contributed by atoms with van der Waals surface area (Å²) in [5.41, 5.74) is 0.564. The maximum Gasteiger partial charge on any atom is 0.155 e. The Morgan fingerprint density at radius 2 is 1.81 bits per heavy atom. The normalized spacial score (nSPS) is 15.8. The van der Waals surface area contributed by atoms with Gasteiger partial charge in [-0.3, -0.25) is 0 Å². The Labute approximate surface area is 101 Å². The second-order valence-electron chi connectivity index (χ2n) is 3.65. The van der Waals surface area contributed by atoms with Crippen LogP contribution >= 0.6 is 11.6 Å². The zero-order chi connectivity index (χ0) is 12.3. The summed E-state index contributed by atoms with van der Waals surface area (Å²) in [6.07, 6.45) is -1.01. The van der Waals surface area contributed by atoms with Crippen LogP contribution in [0.5, 0.6) is 0 Å². The smallest absolute Gasteiger partial charge is 0.155 e. The van der Waals surface area contributed by atoms with Crippen LogP contribution in [0.4, 0.5) is 0 Å². The predicted octanol–water partition coefficient (Wildman–Crippen LogP) is 2.20. The van der Waals surface area contributed by atoms with Crippen molar-refractivity contribution in [1.29, 1.82) is 0 Å². The highest BCUT2D eigenvalue weighted by Crippen LogP contribution is 2.23. The van der Waals surface area contributed by atoms with Gasteiger partial charge in [0.25, 0.3) is 0 Å². The van der Waals surface area contributed by atoms with Gasteiger partial charge < -0.3 is 5.11 Å². The maximum atomic E-state index is 11.6. The lowest BCUT2D eigenvalue weighted by Crippen LogP contribution is -2.26. The topological polar surface area (TPSA) is 54.4 Å². The molecule has 0 saturated carbocycles. The molecule has 0 radical (unpaired) electrons. The lowest BCUT2D eigenvalue weighted by atomic mass is 10.1. The van der Waals surface area contributed by atoms with Crippen LogP contribution in [0, 0.1) is 0 Å². The van der Waals surface area contributed by atoms with Gasteiger partial charge in [0, 0.05) is 10.8 Å². The van der Waals surface area contributed by atoms with E-state index >= 15 is 0 Å². The SMILES string of the molecule is CCS(=O)(=O)C(C)C(O)c1ccc(Cl)cc1. The van der Waals surface area contributed by atoms with E-state index in [0.717, 1.165) is 0 Å². The molecular formula is C11H15ClO3S. The van der Waals surface area contributed by atoms with E-state index < -0.39 is 21.2 Å². The number of rotatable bonds is 4. The Kier molecular flexibility index (Phi) is 4.35. The fourth-order valence-electron chi connectivity index (χ4n) is 1.39. The molecule has 5 heteroatoms. The molecule has 0 saturated heterocycles. The summed E-state index contributed by atoms with van der Waals surface area (Å²) in [6.45, 7) is 3.08. The third-order valence-electron chi connectivity index (χ3n) is 2.62. The highest BCUT2D eigenvalue weighted by molar-refractivity contribution is 7.92. The van der Waals surface area contributed by atoms with E-state index in [1.54, 1.807) is 31.2 Å². The molecule has 0 aliphatic heterocycles. The molecule has 1 rings (SSSR count). The molecule has 0 heterocycles. The van der Waals surface area contributed by atoms with Gasteiger partial charge in [-0.25, -0.2) is 8.42 Å².